The van der Waals surface area contributed by atoms with E-state index in [4.69, 9.17) is 0 Å². The van der Waals surface area contributed by atoms with Gasteiger partial charge in [0.2, 0.25) is 10.4 Å². The second-order valence-corrected chi connectivity index (χ2v) is 5.46. The summed E-state index contributed by atoms with van der Waals surface area (Å²) in [6.45, 7) is 2.24. The Balaban J connectivity index is 0. The van der Waals surface area contributed by atoms with Crippen molar-refractivity contribution < 1.29 is 34.2 Å². The van der Waals surface area contributed by atoms with Crippen LogP contribution in [0.4, 0.5) is 0 Å². The molecule has 0 atom stereocenters. The molecular formula is C12H25MnO4S+. The monoisotopic (exact) mass is 320 g/mol. The fourth-order valence-electron chi connectivity index (χ4n) is 1.75. The number of unbranched alkanes of at least 4 members (excludes halogenated alkanes) is 9. The second kappa shape index (κ2) is 13.8. The molecule has 0 rings (SSSR count). The van der Waals surface area contributed by atoms with Gasteiger partial charge in [0.1, 0.15) is 0 Å². The molecule has 0 aromatic carbocycles. The van der Waals surface area contributed by atoms with E-state index in [1.54, 1.807) is 0 Å². The molecule has 0 aliphatic carbocycles. The smallest absolute Gasteiger partial charge is 0.726 e. The molecule has 0 N–H and O–H groups in total. The van der Waals surface area contributed by atoms with Crippen molar-refractivity contribution in [3.8, 4) is 0 Å². The van der Waals surface area contributed by atoms with Crippen LogP contribution in [0, 0.1) is 0 Å². The normalized spacial score (nSPS) is 11.2. The fraction of sp³-hybridized carbons (Fsp3) is 1.00. The Bertz CT molecular complexity index is 255. The van der Waals surface area contributed by atoms with E-state index in [0.29, 0.717) is 6.42 Å². The van der Waals surface area contributed by atoms with Crippen LogP contribution >= 0.6 is 0 Å². The molecule has 0 saturated carbocycles. The molecule has 0 aliphatic rings. The summed E-state index contributed by atoms with van der Waals surface area (Å²) < 4.78 is 34.5. The van der Waals surface area contributed by atoms with Gasteiger partial charge in [-0.25, -0.2) is 8.42 Å². The van der Waals surface area contributed by atoms with Crippen molar-refractivity contribution in [2.24, 2.45) is 0 Å². The molecule has 109 valence electrons. The van der Waals surface area contributed by atoms with Gasteiger partial charge < -0.3 is 4.55 Å². The maximum absolute atomic E-state index is 10.1. The van der Waals surface area contributed by atoms with E-state index in [0.717, 1.165) is 12.8 Å². The van der Waals surface area contributed by atoms with Crippen molar-refractivity contribution in [1.82, 2.24) is 0 Å². The molecule has 0 bridgehead atoms. The average Bonchev–Trinajstić information content (AvgIpc) is 2.24. The summed E-state index contributed by atoms with van der Waals surface area (Å²) in [6.07, 6.45) is 11.7. The number of hydrogen-bond acceptors (Lipinski definition) is 4. The van der Waals surface area contributed by atoms with Gasteiger partial charge in [-0.3, -0.25) is 4.18 Å². The third-order valence-electron chi connectivity index (χ3n) is 2.73. The maximum atomic E-state index is 10.1. The van der Waals surface area contributed by atoms with Crippen molar-refractivity contribution >= 4 is 10.4 Å². The molecule has 0 aliphatic heterocycles. The van der Waals surface area contributed by atoms with Crippen LogP contribution in [-0.2, 0) is 31.7 Å². The Morgan fingerprint density at radius 2 is 1.22 bits per heavy atom. The van der Waals surface area contributed by atoms with Gasteiger partial charge in [-0.2, -0.15) is 0 Å². The van der Waals surface area contributed by atoms with Crippen molar-refractivity contribution in [2.75, 3.05) is 6.61 Å². The van der Waals surface area contributed by atoms with Crippen LogP contribution in [-0.4, -0.2) is 19.6 Å². The Kier molecular flexibility index (Phi) is 15.9. The molecule has 0 spiro atoms. The summed E-state index contributed by atoms with van der Waals surface area (Å²) >= 11 is 0. The fourth-order valence-corrected chi connectivity index (χ4v) is 2.07. The Morgan fingerprint density at radius 3 is 1.61 bits per heavy atom. The van der Waals surface area contributed by atoms with Crippen LogP contribution in [0.5, 0.6) is 0 Å². The van der Waals surface area contributed by atoms with Gasteiger partial charge in [-0.05, 0) is 6.42 Å². The van der Waals surface area contributed by atoms with E-state index in [1.165, 1.54) is 44.9 Å². The van der Waals surface area contributed by atoms with E-state index >= 15 is 0 Å². The summed E-state index contributed by atoms with van der Waals surface area (Å²) in [6, 6.07) is 0. The standard InChI is InChI=1S/C12H26O4S.Mn/c1-2-3-4-5-6-7-8-9-10-11-12-16-17(13,14)15;/h2-12H2,1H3,(H,13,14,15);/q;+2/p-1. The molecule has 0 saturated heterocycles. The Morgan fingerprint density at radius 1 is 0.833 bits per heavy atom. The molecule has 0 amide bonds. The van der Waals surface area contributed by atoms with Gasteiger partial charge in [0.05, 0.1) is 6.61 Å². The molecule has 18 heavy (non-hydrogen) atoms. The summed E-state index contributed by atoms with van der Waals surface area (Å²) in [5, 5.41) is 0. The first-order valence-electron chi connectivity index (χ1n) is 6.66. The van der Waals surface area contributed by atoms with Crippen molar-refractivity contribution in [1.29, 1.82) is 0 Å². The van der Waals surface area contributed by atoms with Crippen molar-refractivity contribution in [3.05, 3.63) is 0 Å². The minimum atomic E-state index is -4.48. The second-order valence-electron chi connectivity index (χ2n) is 4.41. The van der Waals surface area contributed by atoms with E-state index in [-0.39, 0.29) is 23.7 Å². The first kappa shape index (κ1) is 20.7. The minimum Gasteiger partial charge on any atom is -0.726 e. The third kappa shape index (κ3) is 18.7. The molecule has 0 heterocycles. The summed E-state index contributed by atoms with van der Waals surface area (Å²) in [5.41, 5.74) is 0. The average molecular weight is 320 g/mol. The van der Waals surface area contributed by atoms with Gasteiger partial charge in [0.25, 0.3) is 0 Å². The molecule has 6 heteroatoms. The van der Waals surface area contributed by atoms with Crippen LogP contribution in [0.3, 0.4) is 0 Å². The quantitative estimate of drug-likeness (QED) is 0.239. The van der Waals surface area contributed by atoms with Crippen molar-refractivity contribution in [3.63, 3.8) is 0 Å². The van der Waals surface area contributed by atoms with Crippen molar-refractivity contribution in [2.45, 2.75) is 71.1 Å². The van der Waals surface area contributed by atoms with Crippen LogP contribution in [0.1, 0.15) is 71.1 Å². The molecule has 4 nitrogen and oxygen atoms in total. The molecule has 0 aromatic rings. The number of rotatable bonds is 12. The van der Waals surface area contributed by atoms with Crippen LogP contribution in [0.25, 0.3) is 0 Å². The first-order valence-corrected chi connectivity index (χ1v) is 8.00. The predicted molar refractivity (Wildman–Crippen MR) is 67.5 cm³/mol. The maximum Gasteiger partial charge on any atom is 2.00 e. The topological polar surface area (TPSA) is 66.4 Å². The van der Waals surface area contributed by atoms with Crippen LogP contribution in [0.2, 0.25) is 0 Å². The van der Waals surface area contributed by atoms with Gasteiger partial charge in [0.15, 0.2) is 0 Å². The molecule has 1 radical (unpaired) electrons. The number of hydrogen-bond donors (Lipinski definition) is 0. The zero-order valence-corrected chi connectivity index (χ0v) is 13.2. The Hall–Kier alpha value is 0.389. The predicted octanol–water partition coefficient (Wildman–Crippen LogP) is 3.38. The van der Waals surface area contributed by atoms with Gasteiger partial charge in [-0.1, -0.05) is 64.7 Å². The van der Waals surface area contributed by atoms with Gasteiger partial charge >= 0.3 is 17.1 Å². The van der Waals surface area contributed by atoms with Crippen LogP contribution in [0.15, 0.2) is 0 Å². The zero-order valence-electron chi connectivity index (χ0n) is 11.2. The SMILES string of the molecule is CCCCCCCCCCCCOS(=O)(=O)[O-].[Mn+2]. The third-order valence-corrected chi connectivity index (χ3v) is 3.18. The molecular weight excluding hydrogens is 295 g/mol. The van der Waals surface area contributed by atoms with E-state index in [1.807, 2.05) is 0 Å². The summed E-state index contributed by atoms with van der Waals surface area (Å²) in [5.74, 6) is 0. The van der Waals surface area contributed by atoms with E-state index in [2.05, 4.69) is 11.1 Å². The van der Waals surface area contributed by atoms with Gasteiger partial charge in [-0.15, -0.1) is 0 Å². The Labute approximate surface area is 122 Å². The zero-order chi connectivity index (χ0) is 13.0. The molecule has 0 unspecified atom stereocenters. The first-order chi connectivity index (χ1) is 8.06. The largest absolute Gasteiger partial charge is 2.00 e. The molecule has 0 fully saturated rings. The van der Waals surface area contributed by atoms with E-state index < -0.39 is 10.4 Å². The van der Waals surface area contributed by atoms with Crippen LogP contribution < -0.4 is 0 Å². The summed E-state index contributed by atoms with van der Waals surface area (Å²) in [7, 11) is -4.48. The summed E-state index contributed by atoms with van der Waals surface area (Å²) in [4.78, 5) is 0. The molecule has 0 aromatic heterocycles. The van der Waals surface area contributed by atoms with E-state index in [9.17, 15) is 13.0 Å². The minimum absolute atomic E-state index is 0. The van der Waals surface area contributed by atoms with Gasteiger partial charge in [0, 0.05) is 0 Å².